The summed E-state index contributed by atoms with van der Waals surface area (Å²) in [6, 6.07) is 11.4. The fourth-order valence-corrected chi connectivity index (χ4v) is 3.06. The first-order valence-electron chi connectivity index (χ1n) is 9.86. The lowest BCUT2D eigenvalue weighted by atomic mass is 10.1. The molecular weight excluding hydrogens is 386 g/mol. The summed E-state index contributed by atoms with van der Waals surface area (Å²) >= 11 is 0. The lowest BCUT2D eigenvalue weighted by Gasteiger charge is -2.21. The summed E-state index contributed by atoms with van der Waals surface area (Å²) in [6.07, 6.45) is 0.932. The fourth-order valence-electron chi connectivity index (χ4n) is 3.06. The molecule has 8 nitrogen and oxygen atoms in total. The van der Waals surface area contributed by atoms with Gasteiger partial charge in [0.1, 0.15) is 0 Å². The second-order valence-corrected chi connectivity index (χ2v) is 6.84. The van der Waals surface area contributed by atoms with Gasteiger partial charge in [-0.05, 0) is 49.4 Å². The van der Waals surface area contributed by atoms with Crippen LogP contribution in [0.4, 0.5) is 5.69 Å². The molecule has 158 valence electrons. The lowest BCUT2D eigenvalue weighted by Crippen LogP contribution is -2.33. The minimum atomic E-state index is -0.528. The van der Waals surface area contributed by atoms with Crippen LogP contribution in [0, 0.1) is 0 Å². The zero-order chi connectivity index (χ0) is 21.5. The van der Waals surface area contributed by atoms with Crippen molar-refractivity contribution in [3.05, 3.63) is 53.6 Å². The number of fused-ring (bicyclic) bond motifs is 1. The number of hydrogen-bond acceptors (Lipinski definition) is 5. The molecule has 1 heterocycles. The van der Waals surface area contributed by atoms with E-state index in [0.29, 0.717) is 48.1 Å². The first kappa shape index (κ1) is 21.2. The Balaban J connectivity index is 1.58. The van der Waals surface area contributed by atoms with E-state index < -0.39 is 5.91 Å². The first-order chi connectivity index (χ1) is 14.5. The quantitative estimate of drug-likeness (QED) is 0.727. The van der Waals surface area contributed by atoms with Crippen LogP contribution in [-0.4, -0.2) is 48.9 Å². The van der Waals surface area contributed by atoms with Gasteiger partial charge in [-0.2, -0.15) is 0 Å². The molecule has 2 aromatic rings. The molecule has 0 saturated carbocycles. The highest BCUT2D eigenvalue weighted by Gasteiger charge is 2.19. The zero-order valence-electron chi connectivity index (χ0n) is 16.8. The van der Waals surface area contributed by atoms with Crippen LogP contribution in [0.25, 0.3) is 0 Å². The molecule has 1 aliphatic heterocycles. The molecule has 1 aliphatic rings. The number of nitrogens with two attached hydrogens (primary N) is 1. The summed E-state index contributed by atoms with van der Waals surface area (Å²) in [7, 11) is 0. The number of carbonyl (C=O) groups excluding carboxylic acids is 3. The molecule has 0 spiro atoms. The number of nitrogens with zero attached hydrogens (tertiary/aromatic N) is 1. The van der Waals surface area contributed by atoms with E-state index in [1.165, 1.54) is 0 Å². The molecule has 0 fully saturated rings. The summed E-state index contributed by atoms with van der Waals surface area (Å²) in [5.74, 6) is 0.263. The van der Waals surface area contributed by atoms with Gasteiger partial charge in [0.2, 0.25) is 11.8 Å². The Hall–Kier alpha value is -3.55. The van der Waals surface area contributed by atoms with E-state index in [2.05, 4.69) is 5.32 Å². The first-order valence-corrected chi connectivity index (χ1v) is 9.86. The third-order valence-electron chi connectivity index (χ3n) is 4.73. The molecule has 0 aromatic heterocycles. The van der Waals surface area contributed by atoms with Crippen LogP contribution in [0.5, 0.6) is 11.5 Å². The van der Waals surface area contributed by atoms with Crippen molar-refractivity contribution in [3.8, 4) is 11.5 Å². The Morgan fingerprint density at radius 1 is 1.00 bits per heavy atom. The summed E-state index contributed by atoms with van der Waals surface area (Å²) < 4.78 is 11.2. The van der Waals surface area contributed by atoms with E-state index in [1.54, 1.807) is 47.4 Å². The van der Waals surface area contributed by atoms with Gasteiger partial charge in [0.25, 0.3) is 5.91 Å². The average Bonchev–Trinajstić information content (AvgIpc) is 2.99. The summed E-state index contributed by atoms with van der Waals surface area (Å²) in [6.45, 7) is 3.73. The van der Waals surface area contributed by atoms with E-state index in [4.69, 9.17) is 15.2 Å². The Morgan fingerprint density at radius 3 is 2.33 bits per heavy atom. The van der Waals surface area contributed by atoms with Gasteiger partial charge in [-0.3, -0.25) is 14.4 Å². The van der Waals surface area contributed by atoms with E-state index in [0.717, 1.165) is 6.42 Å². The van der Waals surface area contributed by atoms with Crippen LogP contribution in [0.2, 0.25) is 0 Å². The monoisotopic (exact) mass is 411 g/mol. The number of amides is 3. The molecule has 0 saturated heterocycles. The summed E-state index contributed by atoms with van der Waals surface area (Å²) in [5, 5.41) is 2.75. The Labute approximate surface area is 174 Å². The van der Waals surface area contributed by atoms with Crippen LogP contribution < -0.4 is 20.5 Å². The Kier molecular flexibility index (Phi) is 6.90. The van der Waals surface area contributed by atoms with Gasteiger partial charge in [0.05, 0.1) is 13.2 Å². The molecule has 3 rings (SSSR count). The minimum Gasteiger partial charge on any atom is -0.490 e. The normalized spacial score (nSPS) is 12.6. The van der Waals surface area contributed by atoms with Gasteiger partial charge in [0, 0.05) is 42.7 Å². The highest BCUT2D eigenvalue weighted by atomic mass is 16.5. The fraction of sp³-hybridized carbons (Fsp3) is 0.318. The van der Waals surface area contributed by atoms with Crippen molar-refractivity contribution >= 4 is 23.4 Å². The van der Waals surface area contributed by atoms with Crippen LogP contribution in [0.15, 0.2) is 42.5 Å². The third kappa shape index (κ3) is 5.28. The number of carbonyl (C=O) groups is 3. The summed E-state index contributed by atoms with van der Waals surface area (Å²) in [4.78, 5) is 37.8. The predicted octanol–water partition coefficient (Wildman–Crippen LogP) is 2.44. The molecule has 2 aromatic carbocycles. The van der Waals surface area contributed by atoms with Gasteiger partial charge in [-0.1, -0.05) is 0 Å². The van der Waals surface area contributed by atoms with E-state index in [1.807, 2.05) is 6.92 Å². The van der Waals surface area contributed by atoms with Crippen LogP contribution >= 0.6 is 0 Å². The number of nitrogens with one attached hydrogen (secondary N) is 1. The maximum atomic E-state index is 12.9. The maximum absolute atomic E-state index is 12.9. The molecule has 3 N–H and O–H groups in total. The second kappa shape index (κ2) is 9.78. The Morgan fingerprint density at radius 2 is 1.67 bits per heavy atom. The highest BCUT2D eigenvalue weighted by Crippen LogP contribution is 2.30. The van der Waals surface area contributed by atoms with Crippen molar-refractivity contribution in [2.45, 2.75) is 19.8 Å². The Bertz CT molecular complexity index is 927. The van der Waals surface area contributed by atoms with Gasteiger partial charge >= 0.3 is 0 Å². The molecule has 30 heavy (non-hydrogen) atoms. The lowest BCUT2D eigenvalue weighted by molar-refractivity contribution is -0.116. The van der Waals surface area contributed by atoms with Gasteiger partial charge < -0.3 is 25.4 Å². The molecular formula is C22H25N3O5. The van der Waals surface area contributed by atoms with Crippen molar-refractivity contribution in [2.24, 2.45) is 5.73 Å². The maximum Gasteiger partial charge on any atom is 0.253 e. The second-order valence-electron chi connectivity index (χ2n) is 6.84. The third-order valence-corrected chi connectivity index (χ3v) is 4.73. The van der Waals surface area contributed by atoms with Gasteiger partial charge in [-0.15, -0.1) is 0 Å². The molecule has 0 radical (unpaired) electrons. The minimum absolute atomic E-state index is 0.141. The molecule has 0 unspecified atom stereocenters. The standard InChI is InChI=1S/C22H25N3O5/c1-2-25(11-10-20(26)24-17-7-4-15(5-8-17)21(23)27)22(28)16-6-9-18-19(14-16)30-13-3-12-29-18/h4-9,14H,2-3,10-13H2,1H3,(H2,23,27)(H,24,26). The van der Waals surface area contributed by atoms with Crippen LogP contribution in [0.1, 0.15) is 40.5 Å². The molecule has 3 amide bonds. The van der Waals surface area contributed by atoms with Gasteiger partial charge in [0.15, 0.2) is 11.5 Å². The molecule has 0 atom stereocenters. The number of primary amides is 1. The smallest absolute Gasteiger partial charge is 0.253 e. The highest BCUT2D eigenvalue weighted by molar-refractivity contribution is 5.96. The van der Waals surface area contributed by atoms with E-state index in [9.17, 15) is 14.4 Å². The van der Waals surface area contributed by atoms with Crippen molar-refractivity contribution in [1.82, 2.24) is 4.90 Å². The van der Waals surface area contributed by atoms with E-state index in [-0.39, 0.29) is 24.8 Å². The molecule has 0 aliphatic carbocycles. The van der Waals surface area contributed by atoms with Crippen molar-refractivity contribution in [3.63, 3.8) is 0 Å². The number of hydrogen-bond donors (Lipinski definition) is 2. The van der Waals surface area contributed by atoms with E-state index >= 15 is 0 Å². The molecule has 0 bridgehead atoms. The van der Waals surface area contributed by atoms with Crippen molar-refractivity contribution in [1.29, 1.82) is 0 Å². The SMILES string of the molecule is CCN(CCC(=O)Nc1ccc(C(N)=O)cc1)C(=O)c1ccc2c(c1)OCCCO2. The zero-order valence-corrected chi connectivity index (χ0v) is 16.8. The number of anilines is 1. The van der Waals surface area contributed by atoms with Crippen LogP contribution in [0.3, 0.4) is 0 Å². The van der Waals surface area contributed by atoms with Crippen molar-refractivity contribution < 1.29 is 23.9 Å². The topological polar surface area (TPSA) is 111 Å². The average molecular weight is 411 g/mol. The number of benzene rings is 2. The predicted molar refractivity (Wildman–Crippen MR) is 112 cm³/mol. The number of rotatable bonds is 7. The van der Waals surface area contributed by atoms with Gasteiger partial charge in [-0.25, -0.2) is 0 Å². The van der Waals surface area contributed by atoms with Crippen molar-refractivity contribution in [2.75, 3.05) is 31.6 Å². The largest absolute Gasteiger partial charge is 0.490 e. The molecule has 8 heteroatoms. The number of ether oxygens (including phenoxy) is 2. The van der Waals surface area contributed by atoms with Crippen LogP contribution in [-0.2, 0) is 4.79 Å². The summed E-state index contributed by atoms with van der Waals surface area (Å²) in [5.41, 5.74) is 6.62.